The molecule has 10 heteroatoms. The molecule has 0 aromatic heterocycles. The molecule has 36 heavy (non-hydrogen) atoms. The Bertz CT molecular complexity index is 1000. The molecule has 198 valence electrons. The first-order valence-electron chi connectivity index (χ1n) is 12.9. The quantitative estimate of drug-likeness (QED) is 0.618. The van der Waals surface area contributed by atoms with Gasteiger partial charge in [0.15, 0.2) is 6.10 Å². The number of hydrogen-bond donors (Lipinski definition) is 0. The van der Waals surface area contributed by atoms with Crippen molar-refractivity contribution in [2.45, 2.75) is 63.9 Å². The number of ether oxygens (including phenoxy) is 1. The highest BCUT2D eigenvalue weighted by Crippen LogP contribution is 2.44. The highest BCUT2D eigenvalue weighted by molar-refractivity contribution is 5.74. The zero-order valence-electron chi connectivity index (χ0n) is 21.0. The van der Waals surface area contributed by atoms with Crippen molar-refractivity contribution >= 4 is 17.7 Å². The zero-order chi connectivity index (χ0) is 25.7. The second-order valence-electron chi connectivity index (χ2n) is 11.1. The van der Waals surface area contributed by atoms with Crippen LogP contribution in [0.15, 0.2) is 24.3 Å². The highest BCUT2D eigenvalue weighted by Gasteiger charge is 2.50. The number of rotatable bonds is 4. The second-order valence-corrected chi connectivity index (χ2v) is 11.1. The van der Waals surface area contributed by atoms with Crippen LogP contribution >= 0.6 is 0 Å². The molecule has 4 aliphatic rings. The molecule has 7 nitrogen and oxygen atoms in total. The number of amides is 2. The van der Waals surface area contributed by atoms with Crippen molar-refractivity contribution in [3.05, 3.63) is 29.8 Å². The largest absolute Gasteiger partial charge is 0.437 e. The van der Waals surface area contributed by atoms with Gasteiger partial charge >= 0.3 is 12.3 Å². The number of carbonyl (C=O) groups is 2. The summed E-state index contributed by atoms with van der Waals surface area (Å²) in [6.07, 6.45) is -3.94. The minimum atomic E-state index is -4.55. The summed E-state index contributed by atoms with van der Waals surface area (Å²) in [6.45, 7) is 8.73. The predicted octanol–water partition coefficient (Wildman–Crippen LogP) is 3.87. The summed E-state index contributed by atoms with van der Waals surface area (Å²) >= 11 is 0. The molecule has 4 fully saturated rings. The lowest BCUT2D eigenvalue weighted by molar-refractivity contribution is -0.200. The molecule has 2 spiro atoms. The van der Waals surface area contributed by atoms with E-state index in [-0.39, 0.29) is 16.9 Å². The monoisotopic (exact) mass is 508 g/mol. The van der Waals surface area contributed by atoms with Crippen LogP contribution in [0.2, 0.25) is 0 Å². The van der Waals surface area contributed by atoms with Crippen molar-refractivity contribution in [1.29, 1.82) is 0 Å². The van der Waals surface area contributed by atoms with E-state index in [9.17, 15) is 22.8 Å². The Hall–Kier alpha value is -2.49. The van der Waals surface area contributed by atoms with Crippen LogP contribution in [0.5, 0.6) is 0 Å². The van der Waals surface area contributed by atoms with E-state index in [4.69, 9.17) is 0 Å². The predicted molar refractivity (Wildman–Crippen MR) is 129 cm³/mol. The van der Waals surface area contributed by atoms with Crippen molar-refractivity contribution in [2.75, 3.05) is 50.7 Å². The van der Waals surface area contributed by atoms with Gasteiger partial charge in [-0.2, -0.15) is 13.2 Å². The van der Waals surface area contributed by atoms with Crippen LogP contribution < -0.4 is 4.90 Å². The van der Waals surface area contributed by atoms with Gasteiger partial charge in [-0.05, 0) is 44.2 Å². The molecule has 0 radical (unpaired) electrons. The van der Waals surface area contributed by atoms with Gasteiger partial charge in [0, 0.05) is 75.9 Å². The van der Waals surface area contributed by atoms with Gasteiger partial charge in [0.1, 0.15) is 0 Å². The Morgan fingerprint density at radius 1 is 0.972 bits per heavy atom. The summed E-state index contributed by atoms with van der Waals surface area (Å²) in [6, 6.07) is 8.51. The number of benzene rings is 1. The maximum absolute atomic E-state index is 12.8. The third kappa shape index (κ3) is 4.64. The van der Waals surface area contributed by atoms with Crippen molar-refractivity contribution < 1.29 is 27.5 Å². The standard InChI is InChI=1S/C26H35F3N4O3/c1-19(26(27,28)29)36-23(35)30-12-8-25(9-13-30)10-14-33(25)15-21-5-3-4-6-22(21)31-11-7-24(16-31)17-32(18-24)20(2)34/h3-6,19H,7-18H2,1-2H3. The molecule has 4 heterocycles. The van der Waals surface area contributed by atoms with Crippen LogP contribution in [0.3, 0.4) is 0 Å². The number of nitrogens with zero attached hydrogens (tertiary/aromatic N) is 4. The fourth-order valence-corrected chi connectivity index (χ4v) is 6.34. The average Bonchev–Trinajstić information content (AvgIpc) is 3.26. The molecule has 0 saturated carbocycles. The van der Waals surface area contributed by atoms with Crippen LogP contribution in [0.1, 0.15) is 45.1 Å². The number of halogens is 3. The number of para-hydroxylation sites is 1. The lowest BCUT2D eigenvalue weighted by Crippen LogP contribution is -2.64. The van der Waals surface area contributed by atoms with E-state index in [0.29, 0.717) is 13.1 Å². The van der Waals surface area contributed by atoms with Crippen molar-refractivity contribution in [2.24, 2.45) is 5.41 Å². The summed E-state index contributed by atoms with van der Waals surface area (Å²) < 4.78 is 42.9. The number of likely N-dealkylation sites (tertiary alicyclic amines) is 3. The molecular weight excluding hydrogens is 473 g/mol. The van der Waals surface area contributed by atoms with E-state index >= 15 is 0 Å². The summed E-state index contributed by atoms with van der Waals surface area (Å²) in [4.78, 5) is 32.2. The molecule has 0 bridgehead atoms. The van der Waals surface area contributed by atoms with Gasteiger partial charge in [0.2, 0.25) is 5.91 Å². The van der Waals surface area contributed by atoms with Crippen LogP contribution in [0, 0.1) is 5.41 Å². The topological polar surface area (TPSA) is 56.3 Å². The van der Waals surface area contributed by atoms with E-state index in [1.165, 1.54) is 16.2 Å². The van der Waals surface area contributed by atoms with Crippen molar-refractivity contribution in [3.63, 3.8) is 0 Å². The smallest absolute Gasteiger partial charge is 0.425 e. The van der Waals surface area contributed by atoms with Gasteiger partial charge in [-0.3, -0.25) is 9.69 Å². The normalized spacial score (nSPS) is 24.0. The SMILES string of the molecule is CC(=O)N1CC2(CCN(c3ccccc3CN3CCC34CCN(C(=O)OC(C)C(F)(F)F)CC4)C2)C1. The number of anilines is 1. The van der Waals surface area contributed by atoms with Crippen LogP contribution in [-0.4, -0.2) is 90.3 Å². The average molecular weight is 509 g/mol. The van der Waals surface area contributed by atoms with Gasteiger partial charge < -0.3 is 19.4 Å². The molecule has 4 saturated heterocycles. The zero-order valence-corrected chi connectivity index (χ0v) is 21.0. The van der Waals surface area contributed by atoms with Gasteiger partial charge in [0.25, 0.3) is 0 Å². The van der Waals surface area contributed by atoms with E-state index in [2.05, 4.69) is 38.8 Å². The summed E-state index contributed by atoms with van der Waals surface area (Å²) in [5.41, 5.74) is 2.72. The van der Waals surface area contributed by atoms with Crippen molar-refractivity contribution in [3.8, 4) is 0 Å². The van der Waals surface area contributed by atoms with Crippen LogP contribution in [0.4, 0.5) is 23.7 Å². The lowest BCUT2D eigenvalue weighted by atomic mass is 9.76. The Balaban J connectivity index is 1.18. The van der Waals surface area contributed by atoms with Gasteiger partial charge in [-0.1, -0.05) is 18.2 Å². The molecule has 1 unspecified atom stereocenters. The molecular formula is C26H35F3N4O3. The Morgan fingerprint density at radius 3 is 2.25 bits per heavy atom. The van der Waals surface area contributed by atoms with Gasteiger partial charge in [0.05, 0.1) is 0 Å². The maximum atomic E-state index is 12.8. The molecule has 4 aliphatic heterocycles. The fraction of sp³-hybridized carbons (Fsp3) is 0.692. The molecule has 0 aliphatic carbocycles. The molecule has 0 N–H and O–H groups in total. The van der Waals surface area contributed by atoms with E-state index in [1.807, 2.05) is 4.90 Å². The van der Waals surface area contributed by atoms with E-state index in [1.54, 1.807) is 6.92 Å². The van der Waals surface area contributed by atoms with Crippen molar-refractivity contribution in [1.82, 2.24) is 14.7 Å². The maximum Gasteiger partial charge on any atom is 0.425 e. The summed E-state index contributed by atoms with van der Waals surface area (Å²) in [5.74, 6) is 0.150. The second kappa shape index (κ2) is 9.11. The first-order valence-corrected chi connectivity index (χ1v) is 12.9. The molecule has 1 atom stereocenters. The van der Waals surface area contributed by atoms with E-state index in [0.717, 1.165) is 71.9 Å². The van der Waals surface area contributed by atoms with Crippen LogP contribution in [0.25, 0.3) is 0 Å². The minimum Gasteiger partial charge on any atom is -0.437 e. The Labute approximate surface area is 210 Å². The van der Waals surface area contributed by atoms with Gasteiger partial charge in [-0.15, -0.1) is 0 Å². The number of alkyl halides is 3. The third-order valence-corrected chi connectivity index (χ3v) is 8.84. The number of piperidine rings is 1. The van der Waals surface area contributed by atoms with Gasteiger partial charge in [-0.25, -0.2) is 4.79 Å². The molecule has 1 aromatic rings. The Kier molecular flexibility index (Phi) is 6.37. The lowest BCUT2D eigenvalue weighted by Gasteiger charge is -2.56. The Morgan fingerprint density at radius 2 is 1.64 bits per heavy atom. The summed E-state index contributed by atoms with van der Waals surface area (Å²) in [5, 5.41) is 0. The highest BCUT2D eigenvalue weighted by atomic mass is 19.4. The number of hydrogen-bond acceptors (Lipinski definition) is 5. The number of carbonyl (C=O) groups excluding carboxylic acids is 2. The van der Waals surface area contributed by atoms with Crippen LogP contribution in [-0.2, 0) is 16.1 Å². The molecule has 2 amide bonds. The fourth-order valence-electron chi connectivity index (χ4n) is 6.34. The minimum absolute atomic E-state index is 0.0122. The molecule has 1 aromatic carbocycles. The molecule has 5 rings (SSSR count). The summed E-state index contributed by atoms with van der Waals surface area (Å²) in [7, 11) is 0. The third-order valence-electron chi connectivity index (χ3n) is 8.84. The first-order chi connectivity index (χ1) is 17.0. The first kappa shape index (κ1) is 25.2. The van der Waals surface area contributed by atoms with E-state index < -0.39 is 18.4 Å².